The summed E-state index contributed by atoms with van der Waals surface area (Å²) in [5.74, 6) is -0.468. The molecule has 28 heavy (non-hydrogen) atoms. The summed E-state index contributed by atoms with van der Waals surface area (Å²) in [6.07, 6.45) is 3.16. The van der Waals surface area contributed by atoms with Gasteiger partial charge in [0.25, 0.3) is 11.6 Å². The van der Waals surface area contributed by atoms with Crippen molar-refractivity contribution in [3.05, 3.63) is 73.8 Å². The lowest BCUT2D eigenvalue weighted by Gasteiger charge is -2.01. The van der Waals surface area contributed by atoms with Crippen LogP contribution in [-0.2, 0) is 13.6 Å². The van der Waals surface area contributed by atoms with Gasteiger partial charge in [-0.05, 0) is 34.5 Å². The van der Waals surface area contributed by atoms with Crippen molar-refractivity contribution in [1.82, 2.24) is 25.0 Å². The fourth-order valence-electron chi connectivity index (χ4n) is 2.50. The van der Waals surface area contributed by atoms with Gasteiger partial charge < -0.3 is 0 Å². The van der Waals surface area contributed by atoms with E-state index in [1.54, 1.807) is 34.7 Å². The van der Waals surface area contributed by atoms with Gasteiger partial charge in [-0.1, -0.05) is 12.1 Å². The predicted molar refractivity (Wildman–Crippen MR) is 105 cm³/mol. The number of nitrogens with zero attached hydrogens (tertiary/aromatic N) is 6. The number of hydrogen-bond acceptors (Lipinski definition) is 6. The van der Waals surface area contributed by atoms with Crippen LogP contribution in [0.1, 0.15) is 27.4 Å². The normalized spacial score (nSPS) is 11.1. The molecule has 0 fully saturated rings. The number of aryl methyl sites for hydroxylation is 2. The van der Waals surface area contributed by atoms with Crippen LogP contribution < -0.4 is 5.43 Å². The molecule has 0 unspecified atom stereocenters. The van der Waals surface area contributed by atoms with Crippen molar-refractivity contribution in [2.45, 2.75) is 13.5 Å². The van der Waals surface area contributed by atoms with Crippen molar-refractivity contribution in [1.29, 1.82) is 0 Å². The number of rotatable bonds is 6. The molecule has 2 aromatic heterocycles. The summed E-state index contributed by atoms with van der Waals surface area (Å²) in [6, 6.07) is 7.98. The van der Waals surface area contributed by atoms with Gasteiger partial charge in [0.05, 0.1) is 33.5 Å². The molecule has 0 atom stereocenters. The number of nitro benzene ring substituents is 1. The van der Waals surface area contributed by atoms with Gasteiger partial charge in [0.15, 0.2) is 5.69 Å². The Morgan fingerprint density at radius 2 is 2.07 bits per heavy atom. The van der Waals surface area contributed by atoms with E-state index in [0.717, 1.165) is 17.0 Å². The SMILES string of the molecule is Cc1cc(/C=N/NC(=O)c2nn(Cc3ccc([N+](=O)[O-])cc3)cc2Br)n(C)n1. The predicted octanol–water partition coefficient (Wildman–Crippen LogP) is 2.41. The number of nitrogens with one attached hydrogen (secondary N) is 1. The van der Waals surface area contributed by atoms with Gasteiger partial charge in [-0.15, -0.1) is 0 Å². The van der Waals surface area contributed by atoms with Crippen molar-refractivity contribution < 1.29 is 9.72 Å². The van der Waals surface area contributed by atoms with E-state index in [9.17, 15) is 14.9 Å². The molecule has 0 radical (unpaired) electrons. The third-order valence-corrected chi connectivity index (χ3v) is 4.41. The second-order valence-electron chi connectivity index (χ2n) is 5.98. The maximum Gasteiger partial charge on any atom is 0.293 e. The van der Waals surface area contributed by atoms with Crippen LogP contribution in [0.25, 0.3) is 0 Å². The Kier molecular flexibility index (Phi) is 5.64. The maximum absolute atomic E-state index is 12.3. The fourth-order valence-corrected chi connectivity index (χ4v) is 3.00. The second kappa shape index (κ2) is 8.13. The number of hydrazone groups is 1. The summed E-state index contributed by atoms with van der Waals surface area (Å²) in [5, 5.41) is 23.1. The molecule has 144 valence electrons. The third kappa shape index (κ3) is 4.49. The summed E-state index contributed by atoms with van der Waals surface area (Å²) >= 11 is 3.31. The molecule has 0 spiro atoms. The fraction of sp³-hybridized carbons (Fsp3) is 0.176. The smallest absolute Gasteiger partial charge is 0.267 e. The Balaban J connectivity index is 1.66. The molecule has 10 nitrogen and oxygen atoms in total. The number of carbonyl (C=O) groups excluding carboxylic acids is 1. The monoisotopic (exact) mass is 445 g/mol. The first-order valence-corrected chi connectivity index (χ1v) is 8.93. The lowest BCUT2D eigenvalue weighted by atomic mass is 10.2. The lowest BCUT2D eigenvalue weighted by molar-refractivity contribution is -0.384. The topological polar surface area (TPSA) is 120 Å². The average molecular weight is 446 g/mol. The van der Waals surface area contributed by atoms with Crippen molar-refractivity contribution in [3.8, 4) is 0 Å². The van der Waals surface area contributed by atoms with Crippen molar-refractivity contribution >= 4 is 33.7 Å². The molecular weight excluding hydrogens is 430 g/mol. The van der Waals surface area contributed by atoms with Crippen LogP contribution >= 0.6 is 15.9 Å². The molecule has 11 heteroatoms. The highest BCUT2D eigenvalue weighted by Crippen LogP contribution is 2.17. The number of amides is 1. The zero-order valence-electron chi connectivity index (χ0n) is 15.0. The first kappa shape index (κ1) is 19.4. The maximum atomic E-state index is 12.3. The van der Waals surface area contributed by atoms with E-state index in [1.807, 2.05) is 13.0 Å². The number of nitro groups is 1. The Hall–Kier alpha value is -3.34. The number of carbonyl (C=O) groups is 1. The molecule has 1 N–H and O–H groups in total. The van der Waals surface area contributed by atoms with Crippen LogP contribution in [0.2, 0.25) is 0 Å². The first-order chi connectivity index (χ1) is 13.3. The molecule has 2 heterocycles. The van der Waals surface area contributed by atoms with Crippen LogP contribution in [0.5, 0.6) is 0 Å². The van der Waals surface area contributed by atoms with Crippen molar-refractivity contribution in [3.63, 3.8) is 0 Å². The molecule has 0 aliphatic carbocycles. The van der Waals surface area contributed by atoms with E-state index in [2.05, 4.69) is 36.7 Å². The minimum atomic E-state index is -0.468. The zero-order chi connectivity index (χ0) is 20.3. The molecule has 0 saturated carbocycles. The molecule has 1 amide bonds. The number of halogens is 1. The Morgan fingerprint density at radius 3 is 2.68 bits per heavy atom. The number of non-ortho nitro benzene ring substituents is 1. The zero-order valence-corrected chi connectivity index (χ0v) is 16.6. The van der Waals surface area contributed by atoms with E-state index in [-0.39, 0.29) is 11.4 Å². The van der Waals surface area contributed by atoms with Crippen LogP contribution in [-0.4, -0.2) is 36.6 Å². The molecular formula is C17H16BrN7O3. The van der Waals surface area contributed by atoms with Gasteiger partial charge in [-0.3, -0.25) is 24.3 Å². The number of aromatic nitrogens is 4. The summed E-state index contributed by atoms with van der Waals surface area (Å²) in [5.41, 5.74) is 5.05. The average Bonchev–Trinajstić information content (AvgIpc) is 3.16. The molecule has 0 saturated heterocycles. The summed E-state index contributed by atoms with van der Waals surface area (Å²) in [6.45, 7) is 2.23. The molecule has 1 aromatic carbocycles. The molecule has 0 aliphatic rings. The minimum absolute atomic E-state index is 0.0203. The van der Waals surface area contributed by atoms with Gasteiger partial charge in [0.1, 0.15) is 0 Å². The Bertz CT molecular complexity index is 1050. The van der Waals surface area contributed by atoms with Crippen LogP contribution in [0.3, 0.4) is 0 Å². The first-order valence-electron chi connectivity index (χ1n) is 8.14. The molecule has 3 aromatic rings. The van der Waals surface area contributed by atoms with Gasteiger partial charge in [0, 0.05) is 25.4 Å². The Labute approximate surface area is 168 Å². The summed E-state index contributed by atoms with van der Waals surface area (Å²) in [7, 11) is 1.78. The molecule has 3 rings (SSSR count). The van der Waals surface area contributed by atoms with E-state index in [1.165, 1.54) is 18.3 Å². The number of hydrogen-bond donors (Lipinski definition) is 1. The Morgan fingerprint density at radius 1 is 1.36 bits per heavy atom. The molecule has 0 bridgehead atoms. The molecule has 0 aliphatic heterocycles. The summed E-state index contributed by atoms with van der Waals surface area (Å²) < 4.78 is 3.73. The van der Waals surface area contributed by atoms with Crippen LogP contribution in [0.4, 0.5) is 5.69 Å². The summed E-state index contributed by atoms with van der Waals surface area (Å²) in [4.78, 5) is 22.6. The second-order valence-corrected chi connectivity index (χ2v) is 6.83. The minimum Gasteiger partial charge on any atom is -0.267 e. The van der Waals surface area contributed by atoms with E-state index >= 15 is 0 Å². The standard InChI is InChI=1S/C17H16BrN7O3/c1-11-7-14(23(2)21-11)8-19-20-17(26)16-15(18)10-24(22-16)9-12-3-5-13(6-4-12)25(27)28/h3-8,10H,9H2,1-2H3,(H,20,26)/b19-8+. The van der Waals surface area contributed by atoms with Crippen LogP contribution in [0.15, 0.2) is 46.1 Å². The van der Waals surface area contributed by atoms with Gasteiger partial charge in [-0.25, -0.2) is 5.43 Å². The largest absolute Gasteiger partial charge is 0.293 e. The van der Waals surface area contributed by atoms with E-state index in [4.69, 9.17) is 0 Å². The van der Waals surface area contributed by atoms with Gasteiger partial charge in [-0.2, -0.15) is 15.3 Å². The van der Waals surface area contributed by atoms with Gasteiger partial charge in [0.2, 0.25) is 0 Å². The van der Waals surface area contributed by atoms with E-state index in [0.29, 0.717) is 11.0 Å². The third-order valence-electron chi connectivity index (χ3n) is 3.82. The van der Waals surface area contributed by atoms with E-state index < -0.39 is 10.8 Å². The van der Waals surface area contributed by atoms with Gasteiger partial charge >= 0.3 is 0 Å². The quantitative estimate of drug-likeness (QED) is 0.354. The highest BCUT2D eigenvalue weighted by atomic mass is 79.9. The van der Waals surface area contributed by atoms with Crippen molar-refractivity contribution in [2.75, 3.05) is 0 Å². The lowest BCUT2D eigenvalue weighted by Crippen LogP contribution is -2.19. The number of benzene rings is 1. The highest BCUT2D eigenvalue weighted by molar-refractivity contribution is 9.10. The van der Waals surface area contributed by atoms with Crippen molar-refractivity contribution in [2.24, 2.45) is 12.1 Å². The van der Waals surface area contributed by atoms with Crippen LogP contribution in [0, 0.1) is 17.0 Å². The highest BCUT2D eigenvalue weighted by Gasteiger charge is 2.15.